The average molecular weight is 337 g/mol. The molecule has 0 bridgehead atoms. The van der Waals surface area contributed by atoms with Crippen LogP contribution in [0.4, 0.5) is 0 Å². The van der Waals surface area contributed by atoms with E-state index >= 15 is 0 Å². The van der Waals surface area contributed by atoms with Crippen LogP contribution in [0, 0.1) is 12.3 Å². The van der Waals surface area contributed by atoms with Gasteiger partial charge in [0.1, 0.15) is 0 Å². The van der Waals surface area contributed by atoms with E-state index in [1.807, 2.05) is 32.9 Å². The summed E-state index contributed by atoms with van der Waals surface area (Å²) in [6.07, 6.45) is 2.04. The van der Waals surface area contributed by atoms with Gasteiger partial charge in [0.05, 0.1) is 19.6 Å². The average Bonchev–Trinajstić information content (AvgIpc) is 2.57. The highest BCUT2D eigenvalue weighted by Gasteiger charge is 2.34. The Kier molecular flexibility index (Phi) is 7.55. The molecule has 0 aliphatic carbocycles. The van der Waals surface area contributed by atoms with Crippen molar-refractivity contribution >= 4 is 5.97 Å². The molecule has 5 nitrogen and oxygen atoms in total. The van der Waals surface area contributed by atoms with Gasteiger partial charge in [-0.25, -0.2) is 0 Å². The van der Waals surface area contributed by atoms with Gasteiger partial charge in [-0.1, -0.05) is 19.9 Å². The zero-order chi connectivity index (χ0) is 18.3. The Bertz CT molecular complexity index is 553. The van der Waals surface area contributed by atoms with Crippen molar-refractivity contribution in [3.8, 4) is 11.5 Å². The Morgan fingerprint density at radius 3 is 2.33 bits per heavy atom. The molecule has 0 aliphatic heterocycles. The number of hydrogen-bond acceptors (Lipinski definition) is 4. The van der Waals surface area contributed by atoms with Crippen molar-refractivity contribution in [2.24, 2.45) is 5.41 Å². The van der Waals surface area contributed by atoms with E-state index in [9.17, 15) is 9.90 Å². The number of ether oxygens (including phenoxy) is 2. The van der Waals surface area contributed by atoms with Gasteiger partial charge in [-0.2, -0.15) is 0 Å². The lowest BCUT2D eigenvalue weighted by atomic mass is 9.82. The summed E-state index contributed by atoms with van der Waals surface area (Å²) in [5.74, 6) is 0.750. The van der Waals surface area contributed by atoms with Crippen molar-refractivity contribution in [2.75, 3.05) is 20.8 Å². The molecule has 1 unspecified atom stereocenters. The Balaban J connectivity index is 2.82. The molecule has 0 spiro atoms. The Morgan fingerprint density at radius 2 is 1.88 bits per heavy atom. The molecule has 0 heterocycles. The van der Waals surface area contributed by atoms with Crippen LogP contribution in [0.1, 0.15) is 44.7 Å². The van der Waals surface area contributed by atoms with Crippen LogP contribution in [-0.2, 0) is 11.2 Å². The first-order valence-corrected chi connectivity index (χ1v) is 8.52. The largest absolute Gasteiger partial charge is 0.493 e. The van der Waals surface area contributed by atoms with Gasteiger partial charge in [0.25, 0.3) is 0 Å². The zero-order valence-electron chi connectivity index (χ0n) is 15.7. The van der Waals surface area contributed by atoms with Gasteiger partial charge < -0.3 is 19.9 Å². The zero-order valence-corrected chi connectivity index (χ0v) is 15.7. The first-order valence-electron chi connectivity index (χ1n) is 8.52. The van der Waals surface area contributed by atoms with Crippen molar-refractivity contribution < 1.29 is 19.4 Å². The highest BCUT2D eigenvalue weighted by molar-refractivity contribution is 5.74. The fourth-order valence-electron chi connectivity index (χ4n) is 2.99. The summed E-state index contributed by atoms with van der Waals surface area (Å²) in [5.41, 5.74) is 1.53. The van der Waals surface area contributed by atoms with Crippen LogP contribution < -0.4 is 14.8 Å². The molecule has 136 valence electrons. The number of nitrogens with one attached hydrogen (secondary N) is 1. The Morgan fingerprint density at radius 1 is 1.25 bits per heavy atom. The summed E-state index contributed by atoms with van der Waals surface area (Å²) in [6.45, 7) is 8.44. The number of hydrogen-bond donors (Lipinski definition) is 2. The standard InChI is InChI=1S/C19H31NO4/c1-7-19(8-2,18(21)22)12-20-13(3)11-15-9-10-16(23-5)17(24-6)14(15)4/h9-10,13,20H,7-8,11-12H2,1-6H3,(H,21,22). The molecular weight excluding hydrogens is 306 g/mol. The molecule has 1 rings (SSSR count). The molecule has 1 aromatic rings. The third-order valence-electron chi connectivity index (χ3n) is 5.03. The Labute approximate surface area is 145 Å². The first kappa shape index (κ1) is 20.3. The number of methoxy groups -OCH3 is 2. The van der Waals surface area contributed by atoms with Gasteiger partial charge in [-0.3, -0.25) is 4.79 Å². The molecule has 0 saturated heterocycles. The smallest absolute Gasteiger partial charge is 0.310 e. The third-order valence-corrected chi connectivity index (χ3v) is 5.03. The lowest BCUT2D eigenvalue weighted by molar-refractivity contribution is -0.149. The maximum Gasteiger partial charge on any atom is 0.310 e. The molecule has 0 fully saturated rings. The van der Waals surface area contributed by atoms with Crippen LogP contribution >= 0.6 is 0 Å². The monoisotopic (exact) mass is 337 g/mol. The van der Waals surface area contributed by atoms with E-state index < -0.39 is 11.4 Å². The van der Waals surface area contributed by atoms with Crippen LogP contribution in [-0.4, -0.2) is 37.9 Å². The summed E-state index contributed by atoms with van der Waals surface area (Å²) in [6, 6.07) is 4.12. The number of carboxylic acids is 1. The van der Waals surface area contributed by atoms with Crippen molar-refractivity contribution in [1.82, 2.24) is 5.32 Å². The molecule has 0 saturated carbocycles. The SMILES string of the molecule is CCC(CC)(CNC(C)Cc1ccc(OC)c(OC)c1C)C(=O)O. The highest BCUT2D eigenvalue weighted by atomic mass is 16.5. The van der Waals surface area contributed by atoms with Crippen LogP contribution in [0.5, 0.6) is 11.5 Å². The highest BCUT2D eigenvalue weighted by Crippen LogP contribution is 2.33. The number of benzene rings is 1. The molecule has 2 N–H and O–H groups in total. The predicted octanol–water partition coefficient (Wildman–Crippen LogP) is 3.42. The summed E-state index contributed by atoms with van der Waals surface area (Å²) in [5, 5.41) is 12.9. The first-order chi connectivity index (χ1) is 11.3. The molecule has 0 radical (unpaired) electrons. The summed E-state index contributed by atoms with van der Waals surface area (Å²) in [4.78, 5) is 11.6. The summed E-state index contributed by atoms with van der Waals surface area (Å²) in [7, 11) is 3.27. The molecule has 1 aromatic carbocycles. The third kappa shape index (κ3) is 4.41. The topological polar surface area (TPSA) is 67.8 Å². The molecule has 5 heteroatoms. The second kappa shape index (κ2) is 8.92. The number of aliphatic carboxylic acids is 1. The van der Waals surface area contributed by atoms with Gasteiger partial charge in [-0.05, 0) is 50.3 Å². The lowest BCUT2D eigenvalue weighted by Gasteiger charge is -2.29. The van der Waals surface area contributed by atoms with E-state index in [1.54, 1.807) is 14.2 Å². The van der Waals surface area contributed by atoms with Crippen molar-refractivity contribution in [2.45, 2.75) is 53.0 Å². The lowest BCUT2D eigenvalue weighted by Crippen LogP contribution is -2.43. The van der Waals surface area contributed by atoms with Crippen molar-refractivity contribution in [3.05, 3.63) is 23.3 Å². The van der Waals surface area contributed by atoms with Gasteiger partial charge in [-0.15, -0.1) is 0 Å². The minimum absolute atomic E-state index is 0.165. The van der Waals surface area contributed by atoms with E-state index in [2.05, 4.69) is 12.2 Å². The molecule has 0 amide bonds. The number of carbonyl (C=O) groups is 1. The maximum atomic E-state index is 11.6. The van der Waals surface area contributed by atoms with Crippen LogP contribution in [0.15, 0.2) is 12.1 Å². The van der Waals surface area contributed by atoms with E-state index in [0.29, 0.717) is 19.4 Å². The quantitative estimate of drug-likeness (QED) is 0.685. The van der Waals surface area contributed by atoms with Crippen LogP contribution in [0.3, 0.4) is 0 Å². The van der Waals surface area contributed by atoms with E-state index in [-0.39, 0.29) is 6.04 Å². The van der Waals surface area contributed by atoms with Gasteiger partial charge >= 0.3 is 5.97 Å². The maximum absolute atomic E-state index is 11.6. The molecule has 24 heavy (non-hydrogen) atoms. The second-order valence-corrected chi connectivity index (χ2v) is 6.36. The molecule has 0 aromatic heterocycles. The van der Waals surface area contributed by atoms with Crippen LogP contribution in [0.25, 0.3) is 0 Å². The number of carboxylic acid groups (broad SMARTS) is 1. The van der Waals surface area contributed by atoms with Crippen molar-refractivity contribution in [3.63, 3.8) is 0 Å². The fourth-order valence-corrected chi connectivity index (χ4v) is 2.99. The normalized spacial score (nSPS) is 12.8. The van der Waals surface area contributed by atoms with E-state index in [0.717, 1.165) is 23.5 Å². The van der Waals surface area contributed by atoms with Crippen LogP contribution in [0.2, 0.25) is 0 Å². The van der Waals surface area contributed by atoms with Gasteiger partial charge in [0, 0.05) is 12.6 Å². The van der Waals surface area contributed by atoms with Gasteiger partial charge in [0.15, 0.2) is 11.5 Å². The molecular formula is C19H31NO4. The number of rotatable bonds is 10. The Hall–Kier alpha value is -1.75. The molecule has 0 aliphatic rings. The molecule has 1 atom stereocenters. The van der Waals surface area contributed by atoms with Gasteiger partial charge in [0.2, 0.25) is 0 Å². The van der Waals surface area contributed by atoms with Crippen molar-refractivity contribution in [1.29, 1.82) is 0 Å². The van der Waals surface area contributed by atoms with E-state index in [1.165, 1.54) is 5.56 Å². The minimum Gasteiger partial charge on any atom is -0.493 e. The summed E-state index contributed by atoms with van der Waals surface area (Å²) < 4.78 is 10.8. The van der Waals surface area contributed by atoms with E-state index in [4.69, 9.17) is 9.47 Å². The predicted molar refractivity (Wildman–Crippen MR) is 96.1 cm³/mol. The second-order valence-electron chi connectivity index (χ2n) is 6.36. The fraction of sp³-hybridized carbons (Fsp3) is 0.632. The minimum atomic E-state index is -0.727. The summed E-state index contributed by atoms with van der Waals surface area (Å²) >= 11 is 0.